The summed E-state index contributed by atoms with van der Waals surface area (Å²) in [5.41, 5.74) is 7.09. The summed E-state index contributed by atoms with van der Waals surface area (Å²) in [7, 11) is 0. The van der Waals surface area contributed by atoms with E-state index in [1.165, 1.54) is 4.70 Å². The minimum Gasteiger partial charge on any atom is -0.444 e. The molecule has 1 aromatic heterocycles. The fourth-order valence-corrected chi connectivity index (χ4v) is 3.89. The third-order valence-corrected chi connectivity index (χ3v) is 5.12. The van der Waals surface area contributed by atoms with Gasteiger partial charge in [-0.3, -0.25) is 0 Å². The van der Waals surface area contributed by atoms with Crippen molar-refractivity contribution in [3.8, 4) is 0 Å². The Balaban J connectivity index is 0.00000208. The average molecular weight is 452 g/mol. The van der Waals surface area contributed by atoms with Gasteiger partial charge in [0.05, 0.1) is 15.2 Å². The second kappa shape index (κ2) is 7.47. The number of nitrogen functional groups attached to an aromatic ring is 1. The van der Waals surface area contributed by atoms with Crippen molar-refractivity contribution in [2.75, 3.05) is 18.8 Å². The molecule has 1 aromatic carbocycles. The maximum absolute atomic E-state index is 12.1. The van der Waals surface area contributed by atoms with Crippen molar-refractivity contribution >= 4 is 57.2 Å². The Hall–Kier alpha value is -1.02. The van der Waals surface area contributed by atoms with Gasteiger partial charge >= 0.3 is 6.09 Å². The summed E-state index contributed by atoms with van der Waals surface area (Å²) in [5, 5.41) is 1.15. The van der Waals surface area contributed by atoms with Crippen LogP contribution in [0.15, 0.2) is 18.2 Å². The molecule has 0 unspecified atom stereocenters. The van der Waals surface area contributed by atoms with E-state index >= 15 is 0 Å². The average Bonchev–Trinajstić information content (AvgIpc) is 2.88. The van der Waals surface area contributed by atoms with Gasteiger partial charge in [-0.05, 0) is 51.8 Å². The number of nitrogens with two attached hydrogens (primary N) is 1. The van der Waals surface area contributed by atoms with Crippen LogP contribution < -0.4 is 5.73 Å². The number of fused-ring (bicyclic) bond motifs is 1. The molecule has 128 valence electrons. The van der Waals surface area contributed by atoms with Gasteiger partial charge in [-0.25, -0.2) is 9.78 Å². The number of piperidine rings is 1. The van der Waals surface area contributed by atoms with Crippen molar-refractivity contribution in [1.82, 2.24) is 9.88 Å². The smallest absolute Gasteiger partial charge is 0.410 e. The molecule has 24 heavy (non-hydrogen) atoms. The molecule has 1 fully saturated rings. The molecule has 1 aliphatic rings. The Kier molecular flexibility index (Phi) is 6.01. The standard InChI is InChI=1S/C17H23N3O2S.Sn/c1-17(2,3)22-16(21)20-8-6-11(7-9-20)15-19-13-10-12(18)4-5-14(13)23-15;/h4-5,10-11H,6-9,18H2,1-3H3;. The summed E-state index contributed by atoms with van der Waals surface area (Å²) < 4.78 is 6.61. The van der Waals surface area contributed by atoms with Gasteiger partial charge < -0.3 is 15.4 Å². The molecular weight excluding hydrogens is 429 g/mol. The number of likely N-dealkylation sites (tertiary alicyclic amines) is 1. The van der Waals surface area contributed by atoms with E-state index in [4.69, 9.17) is 15.5 Å². The van der Waals surface area contributed by atoms with Crippen LogP contribution in [0.4, 0.5) is 10.5 Å². The van der Waals surface area contributed by atoms with Crippen LogP contribution in [0.25, 0.3) is 10.2 Å². The summed E-state index contributed by atoms with van der Waals surface area (Å²) in [6, 6.07) is 5.86. The second-order valence-electron chi connectivity index (χ2n) is 7.02. The van der Waals surface area contributed by atoms with Gasteiger partial charge in [0.1, 0.15) is 5.60 Å². The van der Waals surface area contributed by atoms with Gasteiger partial charge in [0.25, 0.3) is 0 Å². The summed E-state index contributed by atoms with van der Waals surface area (Å²) in [4.78, 5) is 18.6. The fourth-order valence-electron chi connectivity index (χ4n) is 2.77. The Bertz CT molecular complexity index is 718. The van der Waals surface area contributed by atoms with Gasteiger partial charge in [0, 0.05) is 48.6 Å². The molecule has 0 atom stereocenters. The Morgan fingerprint density at radius 2 is 2.00 bits per heavy atom. The molecule has 0 bridgehead atoms. The monoisotopic (exact) mass is 453 g/mol. The van der Waals surface area contributed by atoms with Gasteiger partial charge in [0.2, 0.25) is 0 Å². The SMILES string of the molecule is CC(C)(C)OC(=O)N1CCC(c2nc3cc(N)ccc3s2)CC1.[Sn]. The molecule has 2 heterocycles. The molecule has 1 aliphatic heterocycles. The van der Waals surface area contributed by atoms with Crippen LogP contribution in [0, 0.1) is 0 Å². The van der Waals surface area contributed by atoms with Crippen molar-refractivity contribution in [2.24, 2.45) is 0 Å². The van der Waals surface area contributed by atoms with Crippen LogP contribution in [0.3, 0.4) is 0 Å². The van der Waals surface area contributed by atoms with E-state index in [2.05, 4.69) is 0 Å². The number of nitrogens with zero attached hydrogens (tertiary/aromatic N) is 2. The molecule has 0 aliphatic carbocycles. The number of ether oxygens (including phenoxy) is 1. The molecule has 1 amide bonds. The first-order chi connectivity index (χ1) is 10.8. The normalized spacial score (nSPS) is 16.0. The van der Waals surface area contributed by atoms with Crippen LogP contribution in [0.1, 0.15) is 44.5 Å². The van der Waals surface area contributed by atoms with Gasteiger partial charge in [-0.15, -0.1) is 11.3 Å². The zero-order valence-electron chi connectivity index (χ0n) is 14.3. The van der Waals surface area contributed by atoms with E-state index in [1.807, 2.05) is 39.0 Å². The molecule has 7 heteroatoms. The van der Waals surface area contributed by atoms with Crippen molar-refractivity contribution in [2.45, 2.75) is 45.1 Å². The van der Waals surface area contributed by atoms with Crippen LogP contribution >= 0.6 is 11.3 Å². The molecule has 2 N–H and O–H groups in total. The van der Waals surface area contributed by atoms with Crippen LogP contribution in [0.2, 0.25) is 0 Å². The molecule has 2 aromatic rings. The summed E-state index contributed by atoms with van der Waals surface area (Å²) in [6.45, 7) is 7.12. The van der Waals surface area contributed by atoms with E-state index in [0.717, 1.165) is 42.1 Å². The number of carbonyl (C=O) groups excluding carboxylic acids is 1. The maximum atomic E-state index is 12.1. The number of carbonyl (C=O) groups is 1. The molecule has 0 saturated carbocycles. The zero-order chi connectivity index (χ0) is 16.6. The molecular formula is C17H23N3O2SSn. The Labute approximate surface area is 163 Å². The van der Waals surface area contributed by atoms with Crippen molar-refractivity contribution in [3.05, 3.63) is 23.2 Å². The minimum atomic E-state index is -0.444. The Morgan fingerprint density at radius 1 is 1.33 bits per heavy atom. The number of hydrogen-bond donors (Lipinski definition) is 1. The largest absolute Gasteiger partial charge is 0.444 e. The van der Waals surface area contributed by atoms with Crippen LogP contribution in [-0.2, 0) is 4.74 Å². The first kappa shape index (κ1) is 19.3. The van der Waals surface area contributed by atoms with E-state index in [9.17, 15) is 4.79 Å². The van der Waals surface area contributed by atoms with E-state index in [-0.39, 0.29) is 30.0 Å². The number of anilines is 1. The summed E-state index contributed by atoms with van der Waals surface area (Å²) in [6.07, 6.45) is 1.64. The summed E-state index contributed by atoms with van der Waals surface area (Å²) >= 11 is 1.73. The van der Waals surface area contributed by atoms with Gasteiger partial charge in [0.15, 0.2) is 0 Å². The van der Waals surface area contributed by atoms with E-state index < -0.39 is 5.60 Å². The number of aromatic nitrogens is 1. The quantitative estimate of drug-likeness (QED) is 0.531. The predicted molar refractivity (Wildman–Crippen MR) is 99.6 cm³/mol. The van der Waals surface area contributed by atoms with E-state index in [0.29, 0.717) is 5.92 Å². The second-order valence-corrected chi connectivity index (χ2v) is 8.08. The van der Waals surface area contributed by atoms with Crippen molar-refractivity contribution < 1.29 is 9.53 Å². The molecule has 4 radical (unpaired) electrons. The molecule has 5 nitrogen and oxygen atoms in total. The maximum Gasteiger partial charge on any atom is 0.410 e. The zero-order valence-corrected chi connectivity index (χ0v) is 18.0. The number of hydrogen-bond acceptors (Lipinski definition) is 5. The topological polar surface area (TPSA) is 68.5 Å². The third kappa shape index (κ3) is 4.53. The van der Waals surface area contributed by atoms with Gasteiger partial charge in [-0.2, -0.15) is 0 Å². The van der Waals surface area contributed by atoms with Crippen molar-refractivity contribution in [1.29, 1.82) is 0 Å². The van der Waals surface area contributed by atoms with E-state index in [1.54, 1.807) is 16.2 Å². The fraction of sp³-hybridized carbons (Fsp3) is 0.529. The first-order valence-corrected chi connectivity index (χ1v) is 8.77. The van der Waals surface area contributed by atoms with Crippen LogP contribution in [-0.4, -0.2) is 58.6 Å². The number of amides is 1. The number of rotatable bonds is 1. The first-order valence-electron chi connectivity index (χ1n) is 7.96. The van der Waals surface area contributed by atoms with Crippen molar-refractivity contribution in [3.63, 3.8) is 0 Å². The van der Waals surface area contributed by atoms with Gasteiger partial charge in [-0.1, -0.05) is 0 Å². The molecule has 3 rings (SSSR count). The minimum absolute atomic E-state index is 0. The summed E-state index contributed by atoms with van der Waals surface area (Å²) in [5.74, 6) is 0.410. The molecule has 1 saturated heterocycles. The predicted octanol–water partition coefficient (Wildman–Crippen LogP) is 3.61. The number of thiazole rings is 1. The molecule has 0 spiro atoms. The van der Waals surface area contributed by atoms with Crippen LogP contribution in [0.5, 0.6) is 0 Å². The Morgan fingerprint density at radius 3 is 2.62 bits per heavy atom. The third-order valence-electron chi connectivity index (χ3n) is 3.92. The number of benzene rings is 1.